The molecule has 1 aliphatic heterocycles. The van der Waals surface area contributed by atoms with Crippen LogP contribution in [-0.4, -0.2) is 24.3 Å². The molecule has 0 bridgehead atoms. The van der Waals surface area contributed by atoms with Gasteiger partial charge in [0.2, 0.25) is 0 Å². The molecule has 0 spiro atoms. The monoisotopic (exact) mass is 668 g/mol. The maximum Gasteiger partial charge on any atom is 0.264 e. The zero-order valence-electron chi connectivity index (χ0n) is 20.0. The molecular weight excluding hydrogens is 646 g/mol. The summed E-state index contributed by atoms with van der Waals surface area (Å²) in [5, 5.41) is 4.31. The number of amidine groups is 1. The smallest absolute Gasteiger partial charge is 0.264 e. The standard InChI is InChI=1S/C27H23Cl2IN2O4S/c1-3-34-19-8-6-18(7-9-19)31-27-32-26(33)24(37-27)14-17-12-22(30)25(23(13-17)35-4-2)36-15-16-5-10-20(28)21(29)11-16/h5-14H,3-4,15H2,1-2H3,(H,31,32,33)/b24-14+. The molecule has 1 heterocycles. The molecule has 37 heavy (non-hydrogen) atoms. The van der Waals surface area contributed by atoms with Crippen molar-refractivity contribution in [1.82, 2.24) is 5.32 Å². The third kappa shape index (κ3) is 7.34. The van der Waals surface area contributed by atoms with E-state index in [2.05, 4.69) is 32.9 Å². The summed E-state index contributed by atoms with van der Waals surface area (Å²) in [4.78, 5) is 17.7. The minimum atomic E-state index is -0.206. The van der Waals surface area contributed by atoms with Crippen LogP contribution in [0.5, 0.6) is 17.2 Å². The Kier molecular flexibility index (Phi) is 9.64. The average Bonchev–Trinajstić information content (AvgIpc) is 3.20. The van der Waals surface area contributed by atoms with Gasteiger partial charge in [-0.25, -0.2) is 4.99 Å². The summed E-state index contributed by atoms with van der Waals surface area (Å²) >= 11 is 15.6. The van der Waals surface area contributed by atoms with Crippen molar-refractivity contribution in [1.29, 1.82) is 0 Å². The molecule has 1 aliphatic rings. The van der Waals surface area contributed by atoms with E-state index in [4.69, 9.17) is 37.4 Å². The molecule has 0 aliphatic carbocycles. The van der Waals surface area contributed by atoms with Gasteiger partial charge in [0.05, 0.1) is 37.4 Å². The van der Waals surface area contributed by atoms with Gasteiger partial charge in [-0.05, 0) is 114 Å². The molecule has 3 aromatic rings. The Bertz CT molecular complexity index is 1360. The predicted molar refractivity (Wildman–Crippen MR) is 160 cm³/mol. The molecule has 0 unspecified atom stereocenters. The van der Waals surface area contributed by atoms with Crippen LogP contribution >= 0.6 is 57.6 Å². The first-order valence-corrected chi connectivity index (χ1v) is 14.1. The van der Waals surface area contributed by atoms with Crippen LogP contribution < -0.4 is 19.5 Å². The lowest BCUT2D eigenvalue weighted by Gasteiger charge is -2.15. The van der Waals surface area contributed by atoms with Crippen LogP contribution in [0.15, 0.2) is 64.5 Å². The van der Waals surface area contributed by atoms with Crippen molar-refractivity contribution >= 4 is 80.4 Å². The van der Waals surface area contributed by atoms with Gasteiger partial charge in [-0.2, -0.15) is 0 Å². The Labute approximate surface area is 243 Å². The van der Waals surface area contributed by atoms with Gasteiger partial charge in [-0.1, -0.05) is 29.3 Å². The Morgan fingerprint density at radius 3 is 2.43 bits per heavy atom. The van der Waals surface area contributed by atoms with E-state index in [1.807, 2.05) is 62.4 Å². The highest BCUT2D eigenvalue weighted by Gasteiger charge is 2.24. The van der Waals surface area contributed by atoms with Crippen molar-refractivity contribution in [3.8, 4) is 17.2 Å². The van der Waals surface area contributed by atoms with Crippen LogP contribution in [0.1, 0.15) is 25.0 Å². The number of thioether (sulfide) groups is 1. The van der Waals surface area contributed by atoms with Crippen molar-refractivity contribution in [3.63, 3.8) is 0 Å². The van der Waals surface area contributed by atoms with Crippen LogP contribution in [0.25, 0.3) is 6.08 Å². The fourth-order valence-electron chi connectivity index (χ4n) is 3.39. The summed E-state index contributed by atoms with van der Waals surface area (Å²) in [5.41, 5.74) is 2.43. The molecule has 1 saturated heterocycles. The Morgan fingerprint density at radius 1 is 0.973 bits per heavy atom. The maximum absolute atomic E-state index is 12.6. The first kappa shape index (κ1) is 27.6. The molecule has 10 heteroatoms. The molecule has 0 aromatic heterocycles. The number of nitrogens with one attached hydrogen (secondary N) is 1. The predicted octanol–water partition coefficient (Wildman–Crippen LogP) is 7.87. The molecule has 1 N–H and O–H groups in total. The molecule has 0 radical (unpaired) electrons. The summed E-state index contributed by atoms with van der Waals surface area (Å²) in [7, 11) is 0. The van der Waals surface area contributed by atoms with Crippen molar-refractivity contribution in [2.45, 2.75) is 20.5 Å². The maximum atomic E-state index is 12.6. The van der Waals surface area contributed by atoms with Gasteiger partial charge in [0.15, 0.2) is 16.7 Å². The third-order valence-electron chi connectivity index (χ3n) is 5.03. The molecule has 1 fully saturated rings. The van der Waals surface area contributed by atoms with E-state index in [9.17, 15) is 4.79 Å². The van der Waals surface area contributed by atoms with Crippen LogP contribution in [0.3, 0.4) is 0 Å². The van der Waals surface area contributed by atoms with Crippen molar-refractivity contribution in [2.24, 2.45) is 4.99 Å². The zero-order chi connectivity index (χ0) is 26.4. The zero-order valence-corrected chi connectivity index (χ0v) is 24.5. The molecule has 1 amide bonds. The molecule has 4 rings (SSSR count). The molecular formula is C27H23Cl2IN2O4S. The number of hydrogen-bond donors (Lipinski definition) is 1. The summed E-state index contributed by atoms with van der Waals surface area (Å²) < 4.78 is 18.3. The minimum absolute atomic E-state index is 0.206. The fourth-order valence-corrected chi connectivity index (χ4v) is 5.34. The molecule has 3 aromatic carbocycles. The van der Waals surface area contributed by atoms with E-state index >= 15 is 0 Å². The lowest BCUT2D eigenvalue weighted by molar-refractivity contribution is -0.115. The highest BCUT2D eigenvalue weighted by Crippen LogP contribution is 2.37. The number of amides is 1. The van der Waals surface area contributed by atoms with E-state index in [1.54, 1.807) is 12.1 Å². The second-order valence-electron chi connectivity index (χ2n) is 7.71. The minimum Gasteiger partial charge on any atom is -0.494 e. The van der Waals surface area contributed by atoms with Crippen LogP contribution in [0, 0.1) is 3.57 Å². The number of nitrogens with zero attached hydrogens (tertiary/aromatic N) is 1. The van der Waals surface area contributed by atoms with E-state index < -0.39 is 0 Å². The summed E-state index contributed by atoms with van der Waals surface area (Å²) in [6.45, 7) is 5.21. The second kappa shape index (κ2) is 12.9. The van der Waals surface area contributed by atoms with E-state index in [-0.39, 0.29) is 5.91 Å². The van der Waals surface area contributed by atoms with Gasteiger partial charge in [-0.3, -0.25) is 4.79 Å². The first-order chi connectivity index (χ1) is 17.9. The van der Waals surface area contributed by atoms with Gasteiger partial charge in [-0.15, -0.1) is 0 Å². The SMILES string of the molecule is CCOc1ccc(N=C2NC(=O)/C(=C\c3cc(I)c(OCc4ccc(Cl)c(Cl)c4)c(OCC)c3)S2)cc1. The van der Waals surface area contributed by atoms with E-state index in [1.165, 1.54) is 11.8 Å². The Hall–Kier alpha value is -2.40. The highest BCUT2D eigenvalue weighted by atomic mass is 127. The number of benzene rings is 3. The second-order valence-corrected chi connectivity index (χ2v) is 10.7. The number of aliphatic imine (C=N–C) groups is 1. The Balaban J connectivity index is 1.52. The molecule has 6 nitrogen and oxygen atoms in total. The number of carbonyl (C=O) groups excluding carboxylic acids is 1. The lowest BCUT2D eigenvalue weighted by atomic mass is 10.1. The number of carbonyl (C=O) groups is 1. The largest absolute Gasteiger partial charge is 0.494 e. The van der Waals surface area contributed by atoms with Gasteiger partial charge in [0.1, 0.15) is 12.4 Å². The van der Waals surface area contributed by atoms with Crippen molar-refractivity contribution < 1.29 is 19.0 Å². The quantitative estimate of drug-likeness (QED) is 0.186. The van der Waals surface area contributed by atoms with Crippen LogP contribution in [0.4, 0.5) is 5.69 Å². The lowest BCUT2D eigenvalue weighted by Crippen LogP contribution is -2.19. The van der Waals surface area contributed by atoms with Gasteiger partial charge < -0.3 is 19.5 Å². The molecule has 192 valence electrons. The average molecular weight is 669 g/mol. The van der Waals surface area contributed by atoms with E-state index in [0.29, 0.717) is 51.4 Å². The summed E-state index contributed by atoms with van der Waals surface area (Å²) in [5.74, 6) is 1.78. The topological polar surface area (TPSA) is 69.2 Å². The highest BCUT2D eigenvalue weighted by molar-refractivity contribution is 14.1. The van der Waals surface area contributed by atoms with Gasteiger partial charge >= 0.3 is 0 Å². The number of ether oxygens (including phenoxy) is 3. The van der Waals surface area contributed by atoms with E-state index in [0.717, 1.165) is 26.1 Å². The van der Waals surface area contributed by atoms with Gasteiger partial charge in [0.25, 0.3) is 5.91 Å². The molecule has 0 saturated carbocycles. The fraction of sp³-hybridized carbons (Fsp3) is 0.185. The van der Waals surface area contributed by atoms with Gasteiger partial charge in [0, 0.05) is 0 Å². The first-order valence-electron chi connectivity index (χ1n) is 11.4. The van der Waals surface area contributed by atoms with Crippen LogP contribution in [-0.2, 0) is 11.4 Å². The van der Waals surface area contributed by atoms with Crippen LogP contribution in [0.2, 0.25) is 10.0 Å². The van der Waals surface area contributed by atoms with Crippen molar-refractivity contribution in [2.75, 3.05) is 13.2 Å². The van der Waals surface area contributed by atoms with Crippen molar-refractivity contribution in [3.05, 3.63) is 84.2 Å². The summed E-state index contributed by atoms with van der Waals surface area (Å²) in [6.07, 6.45) is 1.81. The third-order valence-corrected chi connectivity index (χ3v) is 7.48. The molecule has 0 atom stereocenters. The normalized spacial score (nSPS) is 15.2. The number of rotatable bonds is 9. The summed E-state index contributed by atoms with van der Waals surface area (Å²) in [6, 6.07) is 16.6. The number of hydrogen-bond acceptors (Lipinski definition) is 6. The Morgan fingerprint density at radius 2 is 1.73 bits per heavy atom. The number of halogens is 3.